The Hall–Kier alpha value is -1.86. The first-order valence-corrected chi connectivity index (χ1v) is 6.79. The Balaban J connectivity index is 1.57. The number of carbonyl (C=O) groups is 1. The molecule has 0 aliphatic carbocycles. The molecule has 0 spiro atoms. The minimum atomic E-state index is 0.123. The molecule has 2 fully saturated rings. The Labute approximate surface area is 112 Å². The standard InChI is InChI=1S/C15H17N3O/c16-8-10-2-1-3-11(6-10)9-17-15(19)13-7-12-4-5-14(13)18-12/h1-3,6,12-14,18H,4-5,7,9H2,(H,17,19). The highest BCUT2D eigenvalue weighted by molar-refractivity contribution is 5.80. The predicted molar refractivity (Wildman–Crippen MR) is 71.1 cm³/mol. The number of rotatable bonds is 3. The number of hydrogen-bond donors (Lipinski definition) is 2. The topological polar surface area (TPSA) is 64.9 Å². The highest BCUT2D eigenvalue weighted by Crippen LogP contribution is 2.33. The largest absolute Gasteiger partial charge is 0.352 e. The van der Waals surface area contributed by atoms with Crippen LogP contribution >= 0.6 is 0 Å². The summed E-state index contributed by atoms with van der Waals surface area (Å²) < 4.78 is 0. The molecule has 3 rings (SSSR count). The lowest BCUT2D eigenvalue weighted by molar-refractivity contribution is -0.125. The van der Waals surface area contributed by atoms with Gasteiger partial charge < -0.3 is 10.6 Å². The number of benzene rings is 1. The van der Waals surface area contributed by atoms with Gasteiger partial charge in [0.1, 0.15) is 0 Å². The molecule has 2 aliphatic heterocycles. The second-order valence-electron chi connectivity index (χ2n) is 5.42. The lowest BCUT2D eigenvalue weighted by Crippen LogP contribution is -2.37. The van der Waals surface area contributed by atoms with Gasteiger partial charge in [0.05, 0.1) is 17.6 Å². The molecule has 2 bridgehead atoms. The zero-order chi connectivity index (χ0) is 13.2. The number of nitrogens with one attached hydrogen (secondary N) is 2. The summed E-state index contributed by atoms with van der Waals surface area (Å²) in [7, 11) is 0. The summed E-state index contributed by atoms with van der Waals surface area (Å²) in [6.45, 7) is 0.502. The zero-order valence-electron chi connectivity index (χ0n) is 10.7. The van der Waals surface area contributed by atoms with Crippen LogP contribution in [0.1, 0.15) is 30.4 Å². The molecule has 2 saturated heterocycles. The van der Waals surface area contributed by atoms with Gasteiger partial charge in [-0.2, -0.15) is 5.26 Å². The molecule has 3 unspecified atom stereocenters. The van der Waals surface area contributed by atoms with Crippen molar-refractivity contribution >= 4 is 5.91 Å². The Morgan fingerprint density at radius 3 is 3.05 bits per heavy atom. The van der Waals surface area contributed by atoms with Gasteiger partial charge in [0.25, 0.3) is 0 Å². The average Bonchev–Trinajstić information content (AvgIpc) is 3.07. The van der Waals surface area contributed by atoms with Gasteiger partial charge in [0.2, 0.25) is 5.91 Å². The number of nitrogens with zero attached hydrogens (tertiary/aromatic N) is 1. The minimum absolute atomic E-state index is 0.123. The maximum Gasteiger partial charge on any atom is 0.225 e. The van der Waals surface area contributed by atoms with Crippen molar-refractivity contribution in [3.8, 4) is 6.07 Å². The van der Waals surface area contributed by atoms with Crippen molar-refractivity contribution in [2.45, 2.75) is 37.9 Å². The first kappa shape index (κ1) is 12.2. The second-order valence-corrected chi connectivity index (χ2v) is 5.42. The first-order chi connectivity index (χ1) is 9.26. The monoisotopic (exact) mass is 255 g/mol. The maximum absolute atomic E-state index is 12.1. The Morgan fingerprint density at radius 2 is 2.37 bits per heavy atom. The Bertz CT molecular complexity index is 534. The van der Waals surface area contributed by atoms with Crippen molar-refractivity contribution < 1.29 is 4.79 Å². The summed E-state index contributed by atoms with van der Waals surface area (Å²) in [5.41, 5.74) is 1.61. The number of fused-ring (bicyclic) bond motifs is 2. The van der Waals surface area contributed by atoms with E-state index in [-0.39, 0.29) is 11.8 Å². The van der Waals surface area contributed by atoms with E-state index in [4.69, 9.17) is 5.26 Å². The fraction of sp³-hybridized carbons (Fsp3) is 0.467. The predicted octanol–water partition coefficient (Wildman–Crippen LogP) is 1.31. The quantitative estimate of drug-likeness (QED) is 0.856. The Morgan fingerprint density at radius 1 is 1.47 bits per heavy atom. The van der Waals surface area contributed by atoms with Crippen LogP contribution in [0.15, 0.2) is 24.3 Å². The smallest absolute Gasteiger partial charge is 0.225 e. The number of carbonyl (C=O) groups excluding carboxylic acids is 1. The maximum atomic E-state index is 12.1. The van der Waals surface area contributed by atoms with E-state index >= 15 is 0 Å². The summed E-state index contributed by atoms with van der Waals surface area (Å²) in [6, 6.07) is 10.4. The van der Waals surface area contributed by atoms with Crippen molar-refractivity contribution in [1.29, 1.82) is 5.26 Å². The van der Waals surface area contributed by atoms with Gasteiger partial charge in [-0.1, -0.05) is 12.1 Å². The molecule has 98 valence electrons. The zero-order valence-corrected chi connectivity index (χ0v) is 10.7. The SMILES string of the molecule is N#Cc1cccc(CNC(=O)C2CC3CCC2N3)c1. The lowest BCUT2D eigenvalue weighted by Gasteiger charge is -2.19. The van der Waals surface area contributed by atoms with Crippen LogP contribution in [0.4, 0.5) is 0 Å². The number of nitriles is 1. The van der Waals surface area contributed by atoms with Gasteiger partial charge in [-0.3, -0.25) is 4.79 Å². The van der Waals surface area contributed by atoms with Crippen molar-refractivity contribution in [1.82, 2.24) is 10.6 Å². The van der Waals surface area contributed by atoms with Crippen molar-refractivity contribution in [3.63, 3.8) is 0 Å². The molecule has 1 amide bonds. The van der Waals surface area contributed by atoms with Crippen LogP contribution in [0, 0.1) is 17.2 Å². The van der Waals surface area contributed by atoms with E-state index in [1.54, 1.807) is 6.07 Å². The highest BCUT2D eigenvalue weighted by atomic mass is 16.1. The summed E-state index contributed by atoms with van der Waals surface area (Å²) in [6.07, 6.45) is 3.29. The number of amides is 1. The molecular weight excluding hydrogens is 238 g/mol. The van der Waals surface area contributed by atoms with E-state index in [1.165, 1.54) is 6.42 Å². The van der Waals surface area contributed by atoms with Gasteiger partial charge >= 0.3 is 0 Å². The fourth-order valence-electron chi connectivity index (χ4n) is 3.19. The van der Waals surface area contributed by atoms with E-state index in [0.717, 1.165) is 18.4 Å². The lowest BCUT2D eigenvalue weighted by atomic mass is 9.88. The fourth-order valence-corrected chi connectivity index (χ4v) is 3.19. The molecule has 19 heavy (non-hydrogen) atoms. The molecular formula is C15H17N3O. The molecule has 0 radical (unpaired) electrons. The molecule has 2 heterocycles. The molecule has 4 heteroatoms. The van der Waals surface area contributed by atoms with Crippen LogP contribution in [-0.2, 0) is 11.3 Å². The third-order valence-electron chi connectivity index (χ3n) is 4.16. The van der Waals surface area contributed by atoms with Crippen molar-refractivity contribution in [3.05, 3.63) is 35.4 Å². The van der Waals surface area contributed by atoms with Crippen LogP contribution in [0.3, 0.4) is 0 Å². The molecule has 1 aromatic carbocycles. The molecule has 4 nitrogen and oxygen atoms in total. The summed E-state index contributed by atoms with van der Waals surface area (Å²) in [4.78, 5) is 12.1. The van der Waals surface area contributed by atoms with E-state index in [2.05, 4.69) is 16.7 Å². The molecule has 1 aromatic rings. The average molecular weight is 255 g/mol. The van der Waals surface area contributed by atoms with E-state index in [0.29, 0.717) is 24.2 Å². The third kappa shape index (κ3) is 2.47. The van der Waals surface area contributed by atoms with Crippen LogP contribution in [0.5, 0.6) is 0 Å². The van der Waals surface area contributed by atoms with Gasteiger partial charge in [-0.25, -0.2) is 0 Å². The molecule has 2 aliphatic rings. The van der Waals surface area contributed by atoms with Crippen molar-refractivity contribution in [2.24, 2.45) is 5.92 Å². The highest BCUT2D eigenvalue weighted by Gasteiger charge is 2.42. The van der Waals surface area contributed by atoms with Crippen LogP contribution in [0.25, 0.3) is 0 Å². The van der Waals surface area contributed by atoms with Gasteiger partial charge in [-0.15, -0.1) is 0 Å². The van der Waals surface area contributed by atoms with E-state index in [9.17, 15) is 4.79 Å². The van der Waals surface area contributed by atoms with Crippen molar-refractivity contribution in [2.75, 3.05) is 0 Å². The molecule has 3 atom stereocenters. The third-order valence-corrected chi connectivity index (χ3v) is 4.16. The molecule has 0 aromatic heterocycles. The summed E-state index contributed by atoms with van der Waals surface area (Å²) >= 11 is 0. The van der Waals surface area contributed by atoms with Gasteiger partial charge in [0, 0.05) is 18.6 Å². The van der Waals surface area contributed by atoms with E-state index in [1.807, 2.05) is 18.2 Å². The van der Waals surface area contributed by atoms with E-state index < -0.39 is 0 Å². The first-order valence-electron chi connectivity index (χ1n) is 6.79. The second kappa shape index (κ2) is 5.02. The Kier molecular flexibility index (Phi) is 3.22. The summed E-state index contributed by atoms with van der Waals surface area (Å²) in [5.74, 6) is 0.264. The van der Waals surface area contributed by atoms with Crippen LogP contribution < -0.4 is 10.6 Å². The van der Waals surface area contributed by atoms with Gasteiger partial charge in [-0.05, 0) is 37.0 Å². The minimum Gasteiger partial charge on any atom is -0.352 e. The molecule has 0 saturated carbocycles. The molecule has 2 N–H and O–H groups in total. The normalized spacial score (nSPS) is 28.1. The van der Waals surface area contributed by atoms with Gasteiger partial charge in [0.15, 0.2) is 0 Å². The summed E-state index contributed by atoms with van der Waals surface area (Å²) in [5, 5.41) is 15.3. The number of hydrogen-bond acceptors (Lipinski definition) is 3. The van der Waals surface area contributed by atoms with Crippen LogP contribution in [0.2, 0.25) is 0 Å². The van der Waals surface area contributed by atoms with Crippen LogP contribution in [-0.4, -0.2) is 18.0 Å².